The van der Waals surface area contributed by atoms with Gasteiger partial charge in [0.1, 0.15) is 0 Å². The van der Waals surface area contributed by atoms with E-state index in [4.69, 9.17) is 16.2 Å². The van der Waals surface area contributed by atoms with Crippen LogP contribution in [0.25, 0.3) is 0 Å². The zero-order valence-corrected chi connectivity index (χ0v) is 8.32. The zero-order valence-electron chi connectivity index (χ0n) is 8.32. The molecule has 5 nitrogen and oxygen atoms in total. The van der Waals surface area contributed by atoms with Crippen LogP contribution in [0.4, 0.5) is 0 Å². The summed E-state index contributed by atoms with van der Waals surface area (Å²) >= 11 is 0. The number of nitrogens with two attached hydrogens (primary N) is 2. The van der Waals surface area contributed by atoms with Crippen LogP contribution >= 0.6 is 0 Å². The predicted molar refractivity (Wildman–Crippen MR) is 51.2 cm³/mol. The molecule has 1 unspecified atom stereocenters. The summed E-state index contributed by atoms with van der Waals surface area (Å²) in [6.07, 6.45) is 0. The van der Waals surface area contributed by atoms with E-state index >= 15 is 0 Å². The van der Waals surface area contributed by atoms with Gasteiger partial charge < -0.3 is 16.2 Å². The lowest BCUT2D eigenvalue weighted by atomic mass is 10.2. The number of ether oxygens (including phenoxy) is 1. The predicted octanol–water partition coefficient (Wildman–Crippen LogP) is -1.23. The fraction of sp³-hybridized carbons (Fsp3) is 0.875. The van der Waals surface area contributed by atoms with Gasteiger partial charge in [-0.15, -0.1) is 0 Å². The van der Waals surface area contributed by atoms with Crippen molar-refractivity contribution in [1.82, 2.24) is 4.90 Å². The van der Waals surface area contributed by atoms with Crippen molar-refractivity contribution >= 4 is 5.91 Å². The van der Waals surface area contributed by atoms with Crippen LogP contribution in [0.5, 0.6) is 0 Å². The fourth-order valence-electron chi connectivity index (χ4n) is 1.05. The molecule has 13 heavy (non-hydrogen) atoms. The SMILES string of the molecule is COCCN(CCN)C(C)C(N)=O. The molecule has 1 atom stereocenters. The molecule has 0 rings (SSSR count). The number of nitrogens with zero attached hydrogens (tertiary/aromatic N) is 1. The lowest BCUT2D eigenvalue weighted by Gasteiger charge is -2.25. The molecule has 0 radical (unpaired) electrons. The molecule has 0 saturated carbocycles. The maximum absolute atomic E-state index is 10.9. The summed E-state index contributed by atoms with van der Waals surface area (Å²) in [5.74, 6) is -0.329. The number of rotatable bonds is 7. The van der Waals surface area contributed by atoms with Crippen LogP contribution in [-0.2, 0) is 9.53 Å². The highest BCUT2D eigenvalue weighted by atomic mass is 16.5. The molecule has 0 heterocycles. The molecule has 4 N–H and O–H groups in total. The van der Waals surface area contributed by atoms with Gasteiger partial charge in [-0.3, -0.25) is 9.69 Å². The fourth-order valence-corrected chi connectivity index (χ4v) is 1.05. The van der Waals surface area contributed by atoms with Gasteiger partial charge in [0.25, 0.3) is 0 Å². The van der Waals surface area contributed by atoms with Crippen LogP contribution in [0.2, 0.25) is 0 Å². The van der Waals surface area contributed by atoms with Gasteiger partial charge in [0, 0.05) is 26.7 Å². The second-order valence-corrected chi connectivity index (χ2v) is 2.90. The normalized spacial score (nSPS) is 13.2. The summed E-state index contributed by atoms with van der Waals surface area (Å²) < 4.78 is 4.91. The maximum Gasteiger partial charge on any atom is 0.234 e. The Bertz CT molecular complexity index is 152. The third-order valence-electron chi connectivity index (χ3n) is 1.96. The van der Waals surface area contributed by atoms with E-state index in [0.717, 1.165) is 0 Å². The summed E-state index contributed by atoms with van der Waals surface area (Å²) in [6, 6.07) is -0.279. The van der Waals surface area contributed by atoms with E-state index in [1.807, 2.05) is 4.90 Å². The largest absolute Gasteiger partial charge is 0.383 e. The van der Waals surface area contributed by atoms with E-state index in [2.05, 4.69) is 0 Å². The molecule has 0 aromatic rings. The highest BCUT2D eigenvalue weighted by Crippen LogP contribution is 1.96. The first-order chi connectivity index (χ1) is 6.13. The highest BCUT2D eigenvalue weighted by molar-refractivity contribution is 5.79. The maximum atomic E-state index is 10.9. The summed E-state index contributed by atoms with van der Waals surface area (Å²) in [4.78, 5) is 12.8. The van der Waals surface area contributed by atoms with Crippen LogP contribution < -0.4 is 11.5 Å². The average molecular weight is 189 g/mol. The zero-order chi connectivity index (χ0) is 10.3. The molecule has 0 aromatic carbocycles. The number of methoxy groups -OCH3 is 1. The number of hydrogen-bond acceptors (Lipinski definition) is 4. The number of primary amides is 1. The third kappa shape index (κ3) is 4.82. The average Bonchev–Trinajstić information content (AvgIpc) is 2.11. The van der Waals surface area contributed by atoms with E-state index in [0.29, 0.717) is 26.2 Å². The Morgan fingerprint density at radius 2 is 2.15 bits per heavy atom. The van der Waals surface area contributed by atoms with Gasteiger partial charge in [0.15, 0.2) is 0 Å². The van der Waals surface area contributed by atoms with Gasteiger partial charge in [-0.25, -0.2) is 0 Å². The molecule has 5 heteroatoms. The smallest absolute Gasteiger partial charge is 0.234 e. The Hall–Kier alpha value is -0.650. The Labute approximate surface area is 79.0 Å². The van der Waals surface area contributed by atoms with Gasteiger partial charge in [-0.1, -0.05) is 0 Å². The van der Waals surface area contributed by atoms with Crippen molar-refractivity contribution in [3.05, 3.63) is 0 Å². The van der Waals surface area contributed by atoms with Gasteiger partial charge in [0.2, 0.25) is 5.91 Å². The van der Waals surface area contributed by atoms with E-state index < -0.39 is 0 Å². The molecular formula is C8H19N3O2. The molecule has 1 amide bonds. The minimum absolute atomic E-state index is 0.279. The van der Waals surface area contributed by atoms with E-state index in [9.17, 15) is 4.79 Å². The molecule has 78 valence electrons. The Morgan fingerprint density at radius 1 is 1.54 bits per heavy atom. The van der Waals surface area contributed by atoms with Crippen LogP contribution in [0, 0.1) is 0 Å². The number of hydrogen-bond donors (Lipinski definition) is 2. The van der Waals surface area contributed by atoms with Crippen molar-refractivity contribution in [2.45, 2.75) is 13.0 Å². The third-order valence-corrected chi connectivity index (χ3v) is 1.96. The van der Waals surface area contributed by atoms with Crippen molar-refractivity contribution in [2.75, 3.05) is 33.4 Å². The standard InChI is InChI=1S/C8H19N3O2/c1-7(8(10)12)11(4-3-9)5-6-13-2/h7H,3-6,9H2,1-2H3,(H2,10,12). The molecule has 0 aliphatic rings. The van der Waals surface area contributed by atoms with Crippen LogP contribution in [-0.4, -0.2) is 50.2 Å². The van der Waals surface area contributed by atoms with Crippen molar-refractivity contribution in [2.24, 2.45) is 11.5 Å². The topological polar surface area (TPSA) is 81.6 Å². The minimum atomic E-state index is -0.329. The molecule has 0 saturated heterocycles. The summed E-state index contributed by atoms with van der Waals surface area (Å²) in [5, 5.41) is 0. The molecule has 0 fully saturated rings. The first-order valence-corrected chi connectivity index (χ1v) is 4.35. The van der Waals surface area contributed by atoms with Crippen molar-refractivity contribution < 1.29 is 9.53 Å². The molecule has 0 bridgehead atoms. The minimum Gasteiger partial charge on any atom is -0.383 e. The molecule has 0 aromatic heterocycles. The molecule has 0 aliphatic heterocycles. The van der Waals surface area contributed by atoms with Crippen molar-refractivity contribution in [3.63, 3.8) is 0 Å². The first kappa shape index (κ1) is 12.3. The van der Waals surface area contributed by atoms with Gasteiger partial charge in [0.05, 0.1) is 12.6 Å². The lowest BCUT2D eigenvalue weighted by Crippen LogP contribution is -2.46. The van der Waals surface area contributed by atoms with Crippen molar-refractivity contribution in [1.29, 1.82) is 0 Å². The second kappa shape index (κ2) is 6.82. The second-order valence-electron chi connectivity index (χ2n) is 2.90. The highest BCUT2D eigenvalue weighted by Gasteiger charge is 2.17. The number of carbonyl (C=O) groups excluding carboxylic acids is 1. The van der Waals surface area contributed by atoms with Gasteiger partial charge >= 0.3 is 0 Å². The summed E-state index contributed by atoms with van der Waals surface area (Å²) in [6.45, 7) is 4.21. The van der Waals surface area contributed by atoms with E-state index in [1.54, 1.807) is 14.0 Å². The van der Waals surface area contributed by atoms with Crippen LogP contribution in [0.3, 0.4) is 0 Å². The quantitative estimate of drug-likeness (QED) is 0.525. The Balaban J connectivity index is 3.98. The van der Waals surface area contributed by atoms with E-state index in [-0.39, 0.29) is 11.9 Å². The van der Waals surface area contributed by atoms with Crippen LogP contribution in [0.15, 0.2) is 0 Å². The lowest BCUT2D eigenvalue weighted by molar-refractivity contribution is -0.122. The van der Waals surface area contributed by atoms with Gasteiger partial charge in [-0.05, 0) is 6.92 Å². The summed E-state index contributed by atoms with van der Waals surface area (Å²) in [7, 11) is 1.62. The number of carbonyl (C=O) groups is 1. The Kier molecular flexibility index (Phi) is 6.48. The van der Waals surface area contributed by atoms with Crippen molar-refractivity contribution in [3.8, 4) is 0 Å². The monoisotopic (exact) mass is 189 g/mol. The molecule has 0 spiro atoms. The van der Waals surface area contributed by atoms with E-state index in [1.165, 1.54) is 0 Å². The molecule has 0 aliphatic carbocycles. The first-order valence-electron chi connectivity index (χ1n) is 4.35. The summed E-state index contributed by atoms with van der Waals surface area (Å²) in [5.41, 5.74) is 10.6. The van der Waals surface area contributed by atoms with Crippen LogP contribution in [0.1, 0.15) is 6.92 Å². The van der Waals surface area contributed by atoms with Gasteiger partial charge in [-0.2, -0.15) is 0 Å². The number of amides is 1. The Morgan fingerprint density at radius 3 is 2.54 bits per heavy atom. The molecular weight excluding hydrogens is 170 g/mol.